The van der Waals surface area contributed by atoms with Crippen LogP contribution in [0.2, 0.25) is 0 Å². The summed E-state index contributed by atoms with van der Waals surface area (Å²) < 4.78 is 33.1. The second-order valence-corrected chi connectivity index (χ2v) is 11.4. The zero-order chi connectivity index (χ0) is 25.9. The van der Waals surface area contributed by atoms with Gasteiger partial charge in [-0.25, -0.2) is 13.4 Å². The molecule has 2 fully saturated rings. The molecule has 2 aliphatic rings. The van der Waals surface area contributed by atoms with Gasteiger partial charge in [0.25, 0.3) is 0 Å². The number of hydrogen-bond acceptors (Lipinski definition) is 6. The molecule has 37 heavy (non-hydrogen) atoms. The molecule has 1 aromatic heterocycles. The molecule has 1 amide bonds. The van der Waals surface area contributed by atoms with Crippen LogP contribution < -0.4 is 5.32 Å². The Labute approximate surface area is 217 Å². The topological polar surface area (TPSA) is 109 Å². The van der Waals surface area contributed by atoms with Gasteiger partial charge in [-0.05, 0) is 55.5 Å². The first kappa shape index (κ1) is 25.5. The van der Waals surface area contributed by atoms with Crippen LogP contribution in [0.5, 0.6) is 0 Å². The normalized spacial score (nSPS) is 20.0. The van der Waals surface area contributed by atoms with Crippen molar-refractivity contribution >= 4 is 21.7 Å². The molecule has 0 radical (unpaired) electrons. The number of amides is 1. The van der Waals surface area contributed by atoms with Crippen LogP contribution in [-0.4, -0.2) is 61.1 Å². The highest BCUT2D eigenvalue weighted by molar-refractivity contribution is 7.89. The predicted octanol–water partition coefficient (Wildman–Crippen LogP) is 3.58. The third-order valence-corrected chi connectivity index (χ3v) is 9.35. The first-order chi connectivity index (χ1) is 17.9. The summed E-state index contributed by atoms with van der Waals surface area (Å²) in [5.74, 6) is 0.320. The Morgan fingerprint density at radius 2 is 1.76 bits per heavy atom. The number of hydrogen-bond donors (Lipinski definition) is 2. The number of carbonyl (C=O) groups excluding carboxylic acids is 1. The van der Waals surface area contributed by atoms with Crippen molar-refractivity contribution in [3.05, 3.63) is 78.4 Å². The van der Waals surface area contributed by atoms with E-state index in [4.69, 9.17) is 4.74 Å². The van der Waals surface area contributed by atoms with Crippen LogP contribution in [0.15, 0.2) is 77.7 Å². The maximum absolute atomic E-state index is 13.6. The average molecular weight is 522 g/mol. The van der Waals surface area contributed by atoms with Gasteiger partial charge in [0.1, 0.15) is 5.82 Å². The second kappa shape index (κ2) is 10.7. The maximum Gasteiger partial charge on any atom is 0.243 e. The fraction of sp³-hybridized carbons (Fsp3) is 0.357. The number of nitrogens with one attached hydrogen (secondary N) is 1. The fourth-order valence-corrected chi connectivity index (χ4v) is 6.95. The molecule has 194 valence electrons. The van der Waals surface area contributed by atoms with E-state index in [9.17, 15) is 18.3 Å². The Morgan fingerprint density at radius 1 is 1.03 bits per heavy atom. The number of rotatable bonds is 7. The van der Waals surface area contributed by atoms with E-state index >= 15 is 0 Å². The molecule has 2 aliphatic heterocycles. The smallest absolute Gasteiger partial charge is 0.243 e. The van der Waals surface area contributed by atoms with E-state index in [1.165, 1.54) is 4.31 Å². The van der Waals surface area contributed by atoms with Gasteiger partial charge in [0, 0.05) is 31.4 Å². The monoisotopic (exact) mass is 521 g/mol. The van der Waals surface area contributed by atoms with Gasteiger partial charge in [0.15, 0.2) is 0 Å². The Hall–Kier alpha value is -3.11. The van der Waals surface area contributed by atoms with Crippen LogP contribution in [0, 0.1) is 0 Å². The van der Waals surface area contributed by atoms with Gasteiger partial charge >= 0.3 is 0 Å². The van der Waals surface area contributed by atoms with Gasteiger partial charge in [-0.3, -0.25) is 4.79 Å². The lowest BCUT2D eigenvalue weighted by Gasteiger charge is -2.36. The minimum absolute atomic E-state index is 0.114. The average Bonchev–Trinajstić information content (AvgIpc) is 3.44. The molecule has 2 aromatic carbocycles. The summed E-state index contributed by atoms with van der Waals surface area (Å²) in [4.78, 5) is 18.4. The van der Waals surface area contributed by atoms with Crippen molar-refractivity contribution in [3.63, 3.8) is 0 Å². The van der Waals surface area contributed by atoms with Crippen molar-refractivity contribution < 1.29 is 23.1 Å². The van der Waals surface area contributed by atoms with Crippen LogP contribution in [0.4, 0.5) is 5.82 Å². The van der Waals surface area contributed by atoms with Crippen LogP contribution in [-0.2, 0) is 25.0 Å². The molecule has 1 atom stereocenters. The van der Waals surface area contributed by atoms with Crippen molar-refractivity contribution in [2.75, 3.05) is 31.7 Å². The molecule has 5 rings (SSSR count). The van der Waals surface area contributed by atoms with Crippen molar-refractivity contribution in [1.29, 1.82) is 0 Å². The molecular formula is C28H31N3O5S. The van der Waals surface area contributed by atoms with E-state index in [2.05, 4.69) is 10.3 Å². The van der Waals surface area contributed by atoms with Crippen molar-refractivity contribution in [2.24, 2.45) is 0 Å². The summed E-state index contributed by atoms with van der Waals surface area (Å²) in [5.41, 5.74) is 1.64. The van der Waals surface area contributed by atoms with E-state index in [1.54, 1.807) is 30.3 Å². The number of aliphatic hydroxyl groups is 1. The standard InChI is InChI=1S/C28H31N3O5S/c32-20-23-8-5-17-31(23)37(34,35)24-13-11-21(12-14-24)25-9-4-10-26(29-25)30-27(33)28(15-18-36-19-16-28)22-6-2-1-3-7-22/h1-4,6-7,9-14,23,32H,5,8,15-20H2,(H,29,30,33)/t23-/m1/s1. The first-order valence-corrected chi connectivity index (χ1v) is 14.0. The molecule has 9 heteroatoms. The zero-order valence-electron chi connectivity index (χ0n) is 20.5. The van der Waals surface area contributed by atoms with Crippen LogP contribution in [0.1, 0.15) is 31.2 Å². The highest BCUT2D eigenvalue weighted by Crippen LogP contribution is 2.36. The Kier molecular flexibility index (Phi) is 7.39. The third kappa shape index (κ3) is 5.04. The molecule has 0 bridgehead atoms. The van der Waals surface area contributed by atoms with Gasteiger partial charge in [0.2, 0.25) is 15.9 Å². The molecule has 3 aromatic rings. The molecular weight excluding hydrogens is 490 g/mol. The maximum atomic E-state index is 13.6. The highest BCUT2D eigenvalue weighted by Gasteiger charge is 2.42. The first-order valence-electron chi connectivity index (χ1n) is 12.6. The van der Waals surface area contributed by atoms with Crippen molar-refractivity contribution in [1.82, 2.24) is 9.29 Å². The Morgan fingerprint density at radius 3 is 2.46 bits per heavy atom. The lowest BCUT2D eigenvalue weighted by atomic mass is 9.73. The van der Waals surface area contributed by atoms with Crippen LogP contribution >= 0.6 is 0 Å². The third-order valence-electron chi connectivity index (χ3n) is 7.39. The van der Waals surface area contributed by atoms with Crippen molar-refractivity contribution in [2.45, 2.75) is 42.0 Å². The SMILES string of the molecule is O=C(Nc1cccc(-c2ccc(S(=O)(=O)N3CCC[C@@H]3CO)cc2)n1)C1(c2ccccc2)CCOCC1. The molecule has 2 N–H and O–H groups in total. The molecule has 8 nitrogen and oxygen atoms in total. The zero-order valence-corrected chi connectivity index (χ0v) is 21.4. The number of aromatic nitrogens is 1. The van der Waals surface area contributed by atoms with Gasteiger partial charge < -0.3 is 15.2 Å². The van der Waals surface area contributed by atoms with Crippen LogP contribution in [0.25, 0.3) is 11.3 Å². The van der Waals surface area contributed by atoms with Gasteiger partial charge in [-0.15, -0.1) is 0 Å². The molecule has 3 heterocycles. The predicted molar refractivity (Wildman–Crippen MR) is 140 cm³/mol. The lowest BCUT2D eigenvalue weighted by Crippen LogP contribution is -2.45. The van der Waals surface area contributed by atoms with Gasteiger partial charge in [-0.2, -0.15) is 4.31 Å². The molecule has 0 aliphatic carbocycles. The number of benzene rings is 2. The molecule has 0 saturated carbocycles. The van der Waals surface area contributed by atoms with Gasteiger partial charge in [-0.1, -0.05) is 48.5 Å². The Bertz CT molecular complexity index is 1340. The van der Waals surface area contributed by atoms with E-state index in [0.717, 1.165) is 17.5 Å². The Balaban J connectivity index is 1.36. The summed E-state index contributed by atoms with van der Waals surface area (Å²) >= 11 is 0. The number of anilines is 1. The summed E-state index contributed by atoms with van der Waals surface area (Å²) in [7, 11) is -3.68. The minimum Gasteiger partial charge on any atom is -0.395 e. The number of pyridine rings is 1. The summed E-state index contributed by atoms with van der Waals surface area (Å²) in [6, 6.07) is 21.4. The summed E-state index contributed by atoms with van der Waals surface area (Å²) in [6.07, 6.45) is 2.58. The van der Waals surface area contributed by atoms with E-state index in [0.29, 0.717) is 50.5 Å². The molecule has 0 unspecified atom stereocenters. The molecule has 0 spiro atoms. The summed E-state index contributed by atoms with van der Waals surface area (Å²) in [5, 5.41) is 12.6. The van der Waals surface area contributed by atoms with E-state index in [1.807, 2.05) is 42.5 Å². The second-order valence-electron chi connectivity index (χ2n) is 9.54. The lowest BCUT2D eigenvalue weighted by molar-refractivity contribution is -0.125. The largest absolute Gasteiger partial charge is 0.395 e. The van der Waals surface area contributed by atoms with Crippen molar-refractivity contribution in [3.8, 4) is 11.3 Å². The number of sulfonamides is 1. The molecule has 2 saturated heterocycles. The number of aliphatic hydroxyl groups excluding tert-OH is 1. The summed E-state index contributed by atoms with van der Waals surface area (Å²) in [6.45, 7) is 1.26. The van der Waals surface area contributed by atoms with E-state index < -0.39 is 15.4 Å². The fourth-order valence-electron chi connectivity index (χ4n) is 5.27. The quantitative estimate of drug-likeness (QED) is 0.492. The van der Waals surface area contributed by atoms with Crippen LogP contribution in [0.3, 0.4) is 0 Å². The number of carbonyl (C=O) groups is 1. The van der Waals surface area contributed by atoms with E-state index in [-0.39, 0.29) is 23.5 Å². The highest BCUT2D eigenvalue weighted by atomic mass is 32.2. The number of nitrogens with zero attached hydrogens (tertiary/aromatic N) is 2. The van der Waals surface area contributed by atoms with Gasteiger partial charge in [0.05, 0.1) is 22.6 Å². The minimum atomic E-state index is -3.68. The number of ether oxygens (including phenoxy) is 1.